The van der Waals surface area contributed by atoms with Gasteiger partial charge in [0, 0.05) is 10.8 Å². The third kappa shape index (κ3) is 4.17. The van der Waals surface area contributed by atoms with Gasteiger partial charge in [0.2, 0.25) is 0 Å². The lowest BCUT2D eigenvalue weighted by Crippen LogP contribution is -1.91. The van der Waals surface area contributed by atoms with Gasteiger partial charge in [-0.3, -0.25) is 0 Å². The Morgan fingerprint density at radius 3 is 1.53 bits per heavy atom. The number of furan rings is 1. The molecule has 0 saturated carbocycles. The van der Waals surface area contributed by atoms with Gasteiger partial charge in [-0.25, -0.2) is 0 Å². The Bertz CT molecular complexity index is 3980. The minimum Gasteiger partial charge on any atom is -0.456 e. The summed E-state index contributed by atoms with van der Waals surface area (Å²) >= 11 is 0. The smallest absolute Gasteiger partial charge is 0.136 e. The predicted octanol–water partition coefficient (Wildman–Crippen LogP) is 12.6. The zero-order valence-corrected chi connectivity index (χ0v) is 22.4. The number of hydrogen-bond acceptors (Lipinski definition) is 1. The lowest BCUT2D eigenvalue weighted by atomic mass is 9.85. The van der Waals surface area contributed by atoms with Gasteiger partial charge in [-0.15, -0.1) is 0 Å². The van der Waals surface area contributed by atoms with E-state index in [-0.39, 0.29) is 0 Å². The van der Waals surface area contributed by atoms with E-state index in [0.717, 1.165) is 0 Å². The van der Waals surface area contributed by atoms with Crippen molar-refractivity contribution in [1.29, 1.82) is 0 Å². The van der Waals surface area contributed by atoms with Crippen LogP contribution >= 0.6 is 0 Å². The van der Waals surface area contributed by atoms with Crippen molar-refractivity contribution in [2.75, 3.05) is 0 Å². The Balaban J connectivity index is 1.55. The van der Waals surface area contributed by atoms with Crippen molar-refractivity contribution in [3.8, 4) is 44.5 Å². The molecular formula is C44H28O. The first-order valence-electron chi connectivity index (χ1n) is 27.2. The standard InChI is InChI=1S/C44H28O/c1-3-13-29(14-4-1)31-25-26-39-41(28-31)45-40-24-12-23-34(44(39)40)32-17-11-18-33(27-32)43-37-21-9-7-19-35(37)42(30-15-5-2-6-16-30)36-20-8-10-22-38(36)43/h1-28H/i1D,2D,3D,4D,5D,6D,7D,8D,9D,10D,11D,12D,13D,14D,15D,16D,17D,18D,19D,20D,21D,22D,23D,24D,25D,26D,27D,28D. The van der Waals surface area contributed by atoms with Gasteiger partial charge in [-0.05, 0) is 90.2 Å². The third-order valence-corrected chi connectivity index (χ3v) is 7.07. The molecule has 1 heteroatoms. The molecule has 9 rings (SSSR count). The second kappa shape index (κ2) is 10.4. The molecule has 0 atom stereocenters. The molecule has 0 aliphatic heterocycles. The summed E-state index contributed by atoms with van der Waals surface area (Å²) in [5, 5.41) is -4.13. The molecule has 1 nitrogen and oxygen atoms in total. The zero-order chi connectivity index (χ0) is 54.1. The highest BCUT2D eigenvalue weighted by molar-refractivity contribution is 6.21. The van der Waals surface area contributed by atoms with Crippen molar-refractivity contribution in [2.45, 2.75) is 0 Å². The second-order valence-electron chi connectivity index (χ2n) is 9.51. The first-order valence-corrected chi connectivity index (χ1v) is 13.2. The quantitative estimate of drug-likeness (QED) is 0.183. The fourth-order valence-corrected chi connectivity index (χ4v) is 5.23. The first-order chi connectivity index (χ1) is 34.0. The maximum absolute atomic E-state index is 9.93. The van der Waals surface area contributed by atoms with Crippen molar-refractivity contribution < 1.29 is 42.8 Å². The highest BCUT2D eigenvalue weighted by Crippen LogP contribution is 2.45. The molecule has 0 fully saturated rings. The summed E-state index contributed by atoms with van der Waals surface area (Å²) in [5.41, 5.74) is -7.50. The van der Waals surface area contributed by atoms with Gasteiger partial charge in [0.15, 0.2) is 0 Å². The Morgan fingerprint density at radius 1 is 0.333 bits per heavy atom. The van der Waals surface area contributed by atoms with E-state index in [2.05, 4.69) is 0 Å². The minimum atomic E-state index is -1.10. The molecule has 0 aliphatic carbocycles. The molecule has 0 unspecified atom stereocenters. The molecule has 210 valence electrons. The van der Waals surface area contributed by atoms with Crippen molar-refractivity contribution in [3.05, 3.63) is 169 Å². The average molecular weight is 601 g/mol. The average Bonchev–Trinajstić information content (AvgIpc) is 3.76. The van der Waals surface area contributed by atoms with E-state index in [4.69, 9.17) is 27.7 Å². The second-order valence-corrected chi connectivity index (χ2v) is 9.51. The summed E-state index contributed by atoms with van der Waals surface area (Å²) in [7, 11) is 0. The molecule has 1 aromatic heterocycles. The number of rotatable bonds is 4. The molecule has 0 spiro atoms. The van der Waals surface area contributed by atoms with Gasteiger partial charge in [0.25, 0.3) is 0 Å². The Hall–Kier alpha value is -5.92. The van der Waals surface area contributed by atoms with Gasteiger partial charge in [0.05, 0.1) is 38.4 Å². The van der Waals surface area contributed by atoms with Crippen LogP contribution in [0.3, 0.4) is 0 Å². The summed E-state index contributed by atoms with van der Waals surface area (Å²) < 4.78 is 255. The van der Waals surface area contributed by atoms with Crippen LogP contribution in [0, 0.1) is 0 Å². The summed E-state index contributed by atoms with van der Waals surface area (Å²) in [4.78, 5) is 0. The van der Waals surface area contributed by atoms with Crippen LogP contribution in [0.5, 0.6) is 0 Å². The fraction of sp³-hybridized carbons (Fsp3) is 0. The van der Waals surface area contributed by atoms with E-state index in [9.17, 15) is 15.1 Å². The molecule has 0 amide bonds. The number of hydrogen-bond donors (Lipinski definition) is 0. The highest BCUT2D eigenvalue weighted by atomic mass is 16.3. The predicted molar refractivity (Wildman–Crippen MR) is 190 cm³/mol. The molecule has 9 aromatic rings. The van der Waals surface area contributed by atoms with Gasteiger partial charge < -0.3 is 4.42 Å². The summed E-state index contributed by atoms with van der Waals surface area (Å²) in [6, 6.07) is -26.7. The molecule has 0 radical (unpaired) electrons. The van der Waals surface area contributed by atoms with Crippen LogP contribution in [0.1, 0.15) is 38.4 Å². The van der Waals surface area contributed by atoms with Crippen molar-refractivity contribution in [3.63, 3.8) is 0 Å². The molecule has 1 heterocycles. The van der Waals surface area contributed by atoms with E-state index in [0.29, 0.717) is 0 Å². The molecular weight excluding hydrogens is 544 g/mol. The fourth-order valence-electron chi connectivity index (χ4n) is 5.23. The van der Waals surface area contributed by atoms with E-state index in [1.165, 1.54) is 0 Å². The number of fused-ring (bicyclic) bond motifs is 5. The Labute approximate surface area is 301 Å². The maximum atomic E-state index is 9.93. The molecule has 45 heavy (non-hydrogen) atoms. The zero-order valence-electron chi connectivity index (χ0n) is 50.4. The Kier molecular flexibility index (Phi) is 2.32. The van der Waals surface area contributed by atoms with E-state index >= 15 is 0 Å². The summed E-state index contributed by atoms with van der Waals surface area (Å²) in [6.45, 7) is 0. The summed E-state index contributed by atoms with van der Waals surface area (Å²) in [5.74, 6) is 0. The SMILES string of the molecule is [2H]c1c([2H])c([2H])c(-c2c([2H])c([2H])c3c(oc4c([2H])c([2H])c([2H])c(-c5c([2H])c([2H])c([2H])c(-c6c7c([2H])c([2H])c([2H])c([2H])c7c(-c7c([2H])c([2H])c([2H])c([2H])c7[2H])c7c([2H])c([2H])c([2H])c([2H])c67)c5[2H])c43)c2[2H])c([2H])c1[2H]. The van der Waals surface area contributed by atoms with Crippen molar-refractivity contribution in [1.82, 2.24) is 0 Å². The van der Waals surface area contributed by atoms with Crippen molar-refractivity contribution in [2.24, 2.45) is 0 Å². The third-order valence-electron chi connectivity index (χ3n) is 7.07. The largest absolute Gasteiger partial charge is 0.456 e. The molecule has 0 saturated heterocycles. The van der Waals surface area contributed by atoms with Crippen LogP contribution in [-0.4, -0.2) is 0 Å². The topological polar surface area (TPSA) is 13.1 Å². The minimum absolute atomic E-state index is 0.581. The number of benzene rings is 8. The van der Waals surface area contributed by atoms with Crippen LogP contribution in [0.4, 0.5) is 0 Å². The Morgan fingerprint density at radius 2 is 0.867 bits per heavy atom. The highest BCUT2D eigenvalue weighted by Gasteiger charge is 2.18. The van der Waals surface area contributed by atoms with Crippen LogP contribution in [0.15, 0.2) is 174 Å². The van der Waals surface area contributed by atoms with Gasteiger partial charge in [-0.1, -0.05) is 145 Å². The van der Waals surface area contributed by atoms with Gasteiger partial charge in [0.1, 0.15) is 11.2 Å². The molecule has 0 N–H and O–H groups in total. The van der Waals surface area contributed by atoms with Gasteiger partial charge in [-0.2, -0.15) is 0 Å². The molecule has 8 aromatic carbocycles. The van der Waals surface area contributed by atoms with Crippen LogP contribution < -0.4 is 0 Å². The van der Waals surface area contributed by atoms with E-state index in [1.807, 2.05) is 0 Å². The van der Waals surface area contributed by atoms with Crippen molar-refractivity contribution >= 4 is 43.5 Å². The maximum Gasteiger partial charge on any atom is 0.136 e. The van der Waals surface area contributed by atoms with Crippen LogP contribution in [-0.2, 0) is 0 Å². The lowest BCUT2D eigenvalue weighted by molar-refractivity contribution is 0.669. The summed E-state index contributed by atoms with van der Waals surface area (Å²) in [6.07, 6.45) is 0. The van der Waals surface area contributed by atoms with Crippen LogP contribution in [0.2, 0.25) is 0 Å². The first kappa shape index (κ1) is 10.1. The van der Waals surface area contributed by atoms with Gasteiger partial charge >= 0.3 is 0 Å². The van der Waals surface area contributed by atoms with E-state index < -0.39 is 257 Å². The van der Waals surface area contributed by atoms with Crippen LogP contribution in [0.25, 0.3) is 88.0 Å². The monoisotopic (exact) mass is 600 g/mol. The lowest BCUT2D eigenvalue weighted by Gasteiger charge is -2.18. The van der Waals surface area contributed by atoms with E-state index in [1.54, 1.807) is 0 Å². The molecule has 0 bridgehead atoms. The molecule has 0 aliphatic rings. The normalized spacial score (nSPS) is 20.3.